The van der Waals surface area contributed by atoms with Gasteiger partial charge in [-0.25, -0.2) is 0 Å². The Hall–Kier alpha value is -2.37. The molecule has 3 N–H and O–H groups in total. The molecule has 0 unspecified atom stereocenters. The van der Waals surface area contributed by atoms with Crippen molar-refractivity contribution in [2.45, 2.75) is 0 Å². The zero-order valence-electron chi connectivity index (χ0n) is 7.56. The monoisotopic (exact) mass is 205 g/mol. The molecule has 0 aliphatic carbocycles. The molecule has 1 amide bonds. The van der Waals surface area contributed by atoms with Gasteiger partial charge in [0.1, 0.15) is 0 Å². The van der Waals surface area contributed by atoms with Gasteiger partial charge in [0.05, 0.1) is 22.0 Å². The lowest BCUT2D eigenvalue weighted by Crippen LogP contribution is -2.10. The second-order valence-electron chi connectivity index (χ2n) is 3.06. The Morgan fingerprint density at radius 3 is 2.80 bits per heavy atom. The van der Waals surface area contributed by atoms with Crippen LogP contribution in [0.5, 0.6) is 0 Å². The number of amides is 1. The van der Waals surface area contributed by atoms with E-state index in [2.05, 4.69) is 4.98 Å². The predicted octanol–water partition coefficient (Wildman–Crippen LogP) is 1.17. The van der Waals surface area contributed by atoms with E-state index in [0.29, 0.717) is 10.9 Å². The first-order valence-electron chi connectivity index (χ1n) is 4.15. The highest BCUT2D eigenvalue weighted by Crippen LogP contribution is 2.25. The molecular formula is C9H7N3O3. The highest BCUT2D eigenvalue weighted by molar-refractivity contribution is 5.99. The number of nitrogens with zero attached hydrogens (tertiary/aromatic N) is 1. The van der Waals surface area contributed by atoms with Gasteiger partial charge in [-0.3, -0.25) is 14.9 Å². The van der Waals surface area contributed by atoms with E-state index in [4.69, 9.17) is 5.73 Å². The first kappa shape index (κ1) is 9.20. The number of hydrogen-bond acceptors (Lipinski definition) is 3. The molecule has 6 heteroatoms. The maximum absolute atomic E-state index is 10.9. The van der Waals surface area contributed by atoms with Crippen LogP contribution in [0.25, 0.3) is 10.9 Å². The van der Waals surface area contributed by atoms with Crippen molar-refractivity contribution in [3.63, 3.8) is 0 Å². The normalized spacial score (nSPS) is 10.4. The van der Waals surface area contributed by atoms with E-state index in [1.807, 2.05) is 0 Å². The van der Waals surface area contributed by atoms with Crippen LogP contribution in [0.4, 0.5) is 5.69 Å². The van der Waals surface area contributed by atoms with Crippen LogP contribution in [0.15, 0.2) is 24.4 Å². The summed E-state index contributed by atoms with van der Waals surface area (Å²) in [6, 6.07) is 4.51. The number of nitrogens with two attached hydrogens (primary N) is 1. The molecule has 0 atom stereocenters. The number of carbonyl (C=O) groups is 1. The van der Waals surface area contributed by atoms with Crippen LogP contribution in [0.3, 0.4) is 0 Å². The zero-order valence-corrected chi connectivity index (χ0v) is 7.56. The van der Waals surface area contributed by atoms with Crippen LogP contribution >= 0.6 is 0 Å². The molecule has 0 saturated heterocycles. The smallest absolute Gasteiger partial charge is 0.294 e. The van der Waals surface area contributed by atoms with Gasteiger partial charge in [-0.1, -0.05) is 0 Å². The Bertz CT molecular complexity index is 559. The number of rotatable bonds is 2. The fraction of sp³-hybridized carbons (Fsp3) is 0. The molecule has 15 heavy (non-hydrogen) atoms. The van der Waals surface area contributed by atoms with E-state index in [0.717, 1.165) is 0 Å². The van der Waals surface area contributed by atoms with Crippen molar-refractivity contribution < 1.29 is 9.72 Å². The maximum atomic E-state index is 10.9. The largest absolute Gasteiger partial charge is 0.366 e. The van der Waals surface area contributed by atoms with Gasteiger partial charge < -0.3 is 10.7 Å². The standard InChI is InChI=1S/C9H7N3O3/c10-9(13)5-1-2-7-6(3-5)8(4-11-7)12(14)15/h1-4,11H,(H2,10,13). The molecule has 0 saturated carbocycles. The molecule has 1 aromatic heterocycles. The molecule has 0 radical (unpaired) electrons. The lowest BCUT2D eigenvalue weighted by atomic mass is 10.1. The van der Waals surface area contributed by atoms with Crippen molar-refractivity contribution in [1.82, 2.24) is 4.98 Å². The SMILES string of the molecule is NC(=O)c1ccc2[nH]cc([N+](=O)[O-])c2c1. The summed E-state index contributed by atoms with van der Waals surface area (Å²) in [4.78, 5) is 23.7. The Balaban J connectivity index is 2.72. The molecule has 0 bridgehead atoms. The number of nitrogens with one attached hydrogen (secondary N) is 1. The Kier molecular flexibility index (Phi) is 1.89. The summed E-state index contributed by atoms with van der Waals surface area (Å²) in [6.45, 7) is 0. The summed E-state index contributed by atoms with van der Waals surface area (Å²) in [7, 11) is 0. The van der Waals surface area contributed by atoms with Gasteiger partial charge in [-0.2, -0.15) is 0 Å². The average molecular weight is 205 g/mol. The number of benzene rings is 1. The minimum atomic E-state index is -0.604. The predicted molar refractivity (Wildman–Crippen MR) is 53.5 cm³/mol. The van der Waals surface area contributed by atoms with E-state index < -0.39 is 10.8 Å². The molecular weight excluding hydrogens is 198 g/mol. The average Bonchev–Trinajstić information content (AvgIpc) is 2.59. The number of nitro groups is 1. The number of fused-ring (bicyclic) bond motifs is 1. The number of aromatic amines is 1. The topological polar surface area (TPSA) is 102 Å². The van der Waals surface area contributed by atoms with Crippen LogP contribution in [-0.4, -0.2) is 15.8 Å². The summed E-state index contributed by atoms with van der Waals surface area (Å²) >= 11 is 0. The molecule has 0 aliphatic heterocycles. The van der Waals surface area contributed by atoms with E-state index in [1.165, 1.54) is 18.3 Å². The molecule has 0 spiro atoms. The Morgan fingerprint density at radius 2 is 2.20 bits per heavy atom. The first-order valence-corrected chi connectivity index (χ1v) is 4.15. The van der Waals surface area contributed by atoms with Crippen molar-refractivity contribution in [3.05, 3.63) is 40.1 Å². The molecule has 0 aliphatic rings. The van der Waals surface area contributed by atoms with Crippen molar-refractivity contribution in [1.29, 1.82) is 0 Å². The quantitative estimate of drug-likeness (QED) is 0.568. The summed E-state index contributed by atoms with van der Waals surface area (Å²) in [5.74, 6) is -0.604. The third kappa shape index (κ3) is 1.41. The minimum absolute atomic E-state index is 0.0619. The van der Waals surface area contributed by atoms with Gasteiger partial charge in [0.25, 0.3) is 5.69 Å². The van der Waals surface area contributed by atoms with Crippen LogP contribution < -0.4 is 5.73 Å². The lowest BCUT2D eigenvalue weighted by molar-refractivity contribution is -0.383. The third-order valence-corrected chi connectivity index (χ3v) is 2.14. The zero-order chi connectivity index (χ0) is 11.0. The fourth-order valence-corrected chi connectivity index (χ4v) is 1.41. The Labute approximate surface area is 83.8 Å². The molecule has 2 aromatic rings. The molecule has 0 fully saturated rings. The highest BCUT2D eigenvalue weighted by atomic mass is 16.6. The van der Waals surface area contributed by atoms with Crippen molar-refractivity contribution in [3.8, 4) is 0 Å². The summed E-state index contributed by atoms with van der Waals surface area (Å²) in [6.07, 6.45) is 1.29. The minimum Gasteiger partial charge on any atom is -0.366 e. The lowest BCUT2D eigenvalue weighted by Gasteiger charge is -1.95. The number of carbonyl (C=O) groups excluding carboxylic acids is 1. The van der Waals surface area contributed by atoms with Crippen LogP contribution in [-0.2, 0) is 0 Å². The first-order chi connectivity index (χ1) is 7.09. The van der Waals surface area contributed by atoms with Gasteiger partial charge >= 0.3 is 0 Å². The number of primary amides is 1. The van der Waals surface area contributed by atoms with Crippen molar-refractivity contribution >= 4 is 22.5 Å². The molecule has 1 heterocycles. The molecule has 6 nitrogen and oxygen atoms in total. The van der Waals surface area contributed by atoms with Crippen molar-refractivity contribution in [2.24, 2.45) is 5.73 Å². The van der Waals surface area contributed by atoms with E-state index in [1.54, 1.807) is 6.07 Å². The summed E-state index contributed by atoms with van der Waals surface area (Å²) in [5.41, 5.74) is 5.88. The molecule has 1 aromatic carbocycles. The number of aromatic nitrogens is 1. The second kappa shape index (κ2) is 3.09. The fourth-order valence-electron chi connectivity index (χ4n) is 1.41. The van der Waals surface area contributed by atoms with Gasteiger partial charge in [-0.15, -0.1) is 0 Å². The van der Waals surface area contributed by atoms with E-state index >= 15 is 0 Å². The summed E-state index contributed by atoms with van der Waals surface area (Å²) < 4.78 is 0. The van der Waals surface area contributed by atoms with Gasteiger partial charge in [0.15, 0.2) is 0 Å². The van der Waals surface area contributed by atoms with E-state index in [-0.39, 0.29) is 11.3 Å². The second-order valence-corrected chi connectivity index (χ2v) is 3.06. The number of hydrogen-bond donors (Lipinski definition) is 2. The van der Waals surface area contributed by atoms with Gasteiger partial charge in [-0.05, 0) is 18.2 Å². The summed E-state index contributed by atoms with van der Waals surface area (Å²) in [5, 5.41) is 11.0. The molecule has 2 rings (SSSR count). The van der Waals surface area contributed by atoms with Crippen LogP contribution in [0.2, 0.25) is 0 Å². The number of H-pyrrole nitrogens is 1. The van der Waals surface area contributed by atoms with Crippen molar-refractivity contribution in [2.75, 3.05) is 0 Å². The Morgan fingerprint density at radius 1 is 1.47 bits per heavy atom. The maximum Gasteiger partial charge on any atom is 0.294 e. The molecule has 76 valence electrons. The van der Waals surface area contributed by atoms with E-state index in [9.17, 15) is 14.9 Å². The third-order valence-electron chi connectivity index (χ3n) is 2.14. The van der Waals surface area contributed by atoms with Crippen LogP contribution in [0.1, 0.15) is 10.4 Å². The van der Waals surface area contributed by atoms with Crippen LogP contribution in [0, 0.1) is 10.1 Å². The highest BCUT2D eigenvalue weighted by Gasteiger charge is 2.14. The van der Waals surface area contributed by atoms with Gasteiger partial charge in [0, 0.05) is 5.56 Å². The van der Waals surface area contributed by atoms with Gasteiger partial charge in [0.2, 0.25) is 5.91 Å².